The predicted molar refractivity (Wildman–Crippen MR) is 147 cm³/mol. The van der Waals surface area contributed by atoms with Crippen LogP contribution < -0.4 is 0 Å². The summed E-state index contributed by atoms with van der Waals surface area (Å²) in [4.78, 5) is 0. The molecule has 0 saturated heterocycles. The van der Waals surface area contributed by atoms with Gasteiger partial charge in [-0.05, 0) is 37.0 Å². The molecule has 0 amide bonds. The molecule has 0 bridgehead atoms. The van der Waals surface area contributed by atoms with Crippen molar-refractivity contribution in [2.24, 2.45) is 11.3 Å². The van der Waals surface area contributed by atoms with Crippen LogP contribution in [0.1, 0.15) is 176 Å². The summed E-state index contributed by atoms with van der Waals surface area (Å²) >= 11 is 0. The molecule has 2 atom stereocenters. The first-order valence-electron chi connectivity index (χ1n) is 15.0. The first kappa shape index (κ1) is 32.0. The molecule has 0 fully saturated rings. The molecule has 0 aromatic heterocycles. The molecular weight excluding hydrogens is 388 g/mol. The molecule has 1 heteroatoms. The quantitative estimate of drug-likeness (QED) is 0.132. The zero-order valence-corrected chi connectivity index (χ0v) is 23.6. The maximum Gasteiger partial charge on any atom is 0.0577 e. The highest BCUT2D eigenvalue weighted by atomic mass is 16.5. The van der Waals surface area contributed by atoms with Crippen molar-refractivity contribution < 1.29 is 4.74 Å². The van der Waals surface area contributed by atoms with Crippen molar-refractivity contribution in [2.75, 3.05) is 6.61 Å². The lowest BCUT2D eigenvalue weighted by Crippen LogP contribution is -2.20. The Labute approximate surface area is 205 Å². The summed E-state index contributed by atoms with van der Waals surface area (Å²) in [6.45, 7) is 15.2. The molecule has 1 nitrogen and oxygen atoms in total. The van der Waals surface area contributed by atoms with Gasteiger partial charge >= 0.3 is 0 Å². The number of ether oxygens (including phenoxy) is 1. The molecule has 0 aliphatic carbocycles. The first-order valence-corrected chi connectivity index (χ1v) is 15.0. The maximum absolute atomic E-state index is 6.46. The topological polar surface area (TPSA) is 9.23 Å². The van der Waals surface area contributed by atoms with E-state index in [1.165, 1.54) is 135 Å². The summed E-state index contributed by atoms with van der Waals surface area (Å²) in [5.74, 6) is 0.766. The van der Waals surface area contributed by atoms with E-state index in [2.05, 4.69) is 41.5 Å². The molecule has 0 heterocycles. The first-order chi connectivity index (χ1) is 15.4. The SMILES string of the molecule is CCCCCCCCCCCCCOC(CCCCCCCCC)CC(C)CC(C)(C)C. The van der Waals surface area contributed by atoms with Crippen LogP contribution in [-0.2, 0) is 4.74 Å². The average molecular weight is 453 g/mol. The standard InChI is InChI=1S/C31H64O/c1-7-9-11-13-15-16-17-18-20-22-24-26-32-30(27-29(3)28-31(4,5)6)25-23-21-19-14-12-10-8-2/h29-30H,7-28H2,1-6H3. The van der Waals surface area contributed by atoms with Crippen LogP contribution in [0, 0.1) is 11.3 Å². The predicted octanol–water partition coefficient (Wildman–Crippen LogP) is 11.3. The summed E-state index contributed by atoms with van der Waals surface area (Å²) in [5.41, 5.74) is 0.430. The Morgan fingerprint density at radius 3 is 1.41 bits per heavy atom. The van der Waals surface area contributed by atoms with Gasteiger partial charge in [-0.25, -0.2) is 0 Å². The Morgan fingerprint density at radius 2 is 0.969 bits per heavy atom. The van der Waals surface area contributed by atoms with E-state index in [0.29, 0.717) is 11.5 Å². The van der Waals surface area contributed by atoms with Gasteiger partial charge in [0.15, 0.2) is 0 Å². The molecule has 2 unspecified atom stereocenters. The Hall–Kier alpha value is -0.0400. The van der Waals surface area contributed by atoms with E-state index in [-0.39, 0.29) is 0 Å². The summed E-state index contributed by atoms with van der Waals surface area (Å²) in [5, 5.41) is 0. The Balaban J connectivity index is 3.93. The van der Waals surface area contributed by atoms with Crippen LogP contribution in [0.2, 0.25) is 0 Å². The number of rotatable bonds is 24. The fraction of sp³-hybridized carbons (Fsp3) is 1.00. The van der Waals surface area contributed by atoms with Gasteiger partial charge in [0.2, 0.25) is 0 Å². The van der Waals surface area contributed by atoms with E-state index < -0.39 is 0 Å². The normalized spacial score (nSPS) is 14.1. The van der Waals surface area contributed by atoms with Crippen molar-refractivity contribution in [1.29, 1.82) is 0 Å². The largest absolute Gasteiger partial charge is 0.378 e. The van der Waals surface area contributed by atoms with Crippen LogP contribution in [0.25, 0.3) is 0 Å². The Kier molecular flexibility index (Phi) is 22.7. The van der Waals surface area contributed by atoms with E-state index >= 15 is 0 Å². The van der Waals surface area contributed by atoms with Gasteiger partial charge in [-0.3, -0.25) is 0 Å². The summed E-state index contributed by atoms with van der Waals surface area (Å²) in [6, 6.07) is 0. The Bertz CT molecular complexity index is 356. The van der Waals surface area contributed by atoms with Crippen LogP contribution in [-0.4, -0.2) is 12.7 Å². The molecule has 0 rings (SSSR count). The molecule has 0 saturated carbocycles. The minimum absolute atomic E-state index is 0.430. The van der Waals surface area contributed by atoms with Gasteiger partial charge in [-0.15, -0.1) is 0 Å². The molecule has 194 valence electrons. The van der Waals surface area contributed by atoms with Crippen molar-refractivity contribution >= 4 is 0 Å². The zero-order valence-electron chi connectivity index (χ0n) is 23.6. The third kappa shape index (κ3) is 24.6. The van der Waals surface area contributed by atoms with Gasteiger partial charge in [-0.1, -0.05) is 151 Å². The van der Waals surface area contributed by atoms with Crippen LogP contribution in [0.3, 0.4) is 0 Å². The van der Waals surface area contributed by atoms with Gasteiger partial charge < -0.3 is 4.74 Å². The fourth-order valence-electron chi connectivity index (χ4n) is 5.19. The molecule has 0 aromatic rings. The van der Waals surface area contributed by atoms with Gasteiger partial charge in [0.1, 0.15) is 0 Å². The van der Waals surface area contributed by atoms with Gasteiger partial charge in [0, 0.05) is 6.61 Å². The molecule has 0 N–H and O–H groups in total. The van der Waals surface area contributed by atoms with Crippen LogP contribution in [0.4, 0.5) is 0 Å². The lowest BCUT2D eigenvalue weighted by Gasteiger charge is -2.27. The maximum atomic E-state index is 6.46. The second-order valence-corrected chi connectivity index (χ2v) is 12.0. The molecule has 32 heavy (non-hydrogen) atoms. The van der Waals surface area contributed by atoms with E-state index in [0.717, 1.165) is 12.5 Å². The van der Waals surface area contributed by atoms with E-state index in [9.17, 15) is 0 Å². The lowest BCUT2D eigenvalue weighted by atomic mass is 9.83. The summed E-state index contributed by atoms with van der Waals surface area (Å²) < 4.78 is 6.46. The van der Waals surface area contributed by atoms with Crippen LogP contribution >= 0.6 is 0 Å². The highest BCUT2D eigenvalue weighted by Crippen LogP contribution is 2.28. The highest BCUT2D eigenvalue weighted by Gasteiger charge is 2.19. The molecule has 0 aromatic carbocycles. The van der Waals surface area contributed by atoms with E-state index in [1.807, 2.05) is 0 Å². The number of hydrogen-bond acceptors (Lipinski definition) is 1. The molecular formula is C31H64O. The lowest BCUT2D eigenvalue weighted by molar-refractivity contribution is 0.0243. The average Bonchev–Trinajstić information content (AvgIpc) is 2.72. The van der Waals surface area contributed by atoms with E-state index in [1.54, 1.807) is 0 Å². The minimum atomic E-state index is 0.430. The second-order valence-electron chi connectivity index (χ2n) is 12.0. The third-order valence-electron chi connectivity index (χ3n) is 6.86. The van der Waals surface area contributed by atoms with Crippen molar-refractivity contribution in [1.82, 2.24) is 0 Å². The molecule has 0 aliphatic heterocycles. The molecule has 0 aliphatic rings. The molecule has 0 radical (unpaired) electrons. The second kappa shape index (κ2) is 22.7. The van der Waals surface area contributed by atoms with Crippen molar-refractivity contribution in [3.63, 3.8) is 0 Å². The van der Waals surface area contributed by atoms with Gasteiger partial charge in [0.25, 0.3) is 0 Å². The number of hydrogen-bond donors (Lipinski definition) is 0. The van der Waals surface area contributed by atoms with Crippen molar-refractivity contribution in [2.45, 2.75) is 182 Å². The van der Waals surface area contributed by atoms with Crippen molar-refractivity contribution in [3.8, 4) is 0 Å². The monoisotopic (exact) mass is 452 g/mol. The fourth-order valence-corrected chi connectivity index (χ4v) is 5.19. The Morgan fingerprint density at radius 1 is 0.562 bits per heavy atom. The highest BCUT2D eigenvalue weighted by molar-refractivity contribution is 4.71. The summed E-state index contributed by atoms with van der Waals surface area (Å²) in [7, 11) is 0. The van der Waals surface area contributed by atoms with Gasteiger partial charge in [0.05, 0.1) is 6.10 Å². The van der Waals surface area contributed by atoms with Gasteiger partial charge in [-0.2, -0.15) is 0 Å². The summed E-state index contributed by atoms with van der Waals surface area (Å²) in [6.07, 6.45) is 29.6. The van der Waals surface area contributed by atoms with E-state index in [4.69, 9.17) is 4.74 Å². The minimum Gasteiger partial charge on any atom is -0.378 e. The van der Waals surface area contributed by atoms with Crippen LogP contribution in [0.15, 0.2) is 0 Å². The zero-order chi connectivity index (χ0) is 23.9. The smallest absolute Gasteiger partial charge is 0.0577 e. The van der Waals surface area contributed by atoms with Crippen molar-refractivity contribution in [3.05, 3.63) is 0 Å². The molecule has 0 spiro atoms. The van der Waals surface area contributed by atoms with Crippen LogP contribution in [0.5, 0.6) is 0 Å². The number of unbranched alkanes of at least 4 members (excludes halogenated alkanes) is 16. The third-order valence-corrected chi connectivity index (χ3v) is 6.86.